The van der Waals surface area contributed by atoms with E-state index in [4.69, 9.17) is 32.7 Å². The predicted octanol–water partition coefficient (Wildman–Crippen LogP) is 3.01. The van der Waals surface area contributed by atoms with E-state index in [0.29, 0.717) is 0 Å². The Morgan fingerprint density at radius 2 is 1.77 bits per heavy atom. The molecule has 2 aliphatic rings. The van der Waals surface area contributed by atoms with Gasteiger partial charge in [0, 0.05) is 19.1 Å². The molecular weight excluding hydrogens is 467 g/mol. The van der Waals surface area contributed by atoms with Gasteiger partial charge in [-0.1, -0.05) is 42.5 Å². The maximum atomic E-state index is 13.0. The number of benzene rings is 1. The van der Waals surface area contributed by atoms with Crippen LogP contribution in [0.5, 0.6) is 0 Å². The molecule has 1 N–H and O–H groups in total. The summed E-state index contributed by atoms with van der Waals surface area (Å²) in [5, 5.41) is 2.73. The fourth-order valence-electron chi connectivity index (χ4n) is 3.65. The number of rotatable bonds is 6. The fraction of sp³-hybridized carbons (Fsp3) is 0.600. The second-order valence-corrected chi connectivity index (χ2v) is 10.4. The number of morpholine rings is 1. The van der Waals surface area contributed by atoms with Crippen molar-refractivity contribution in [2.75, 3.05) is 26.3 Å². The molecule has 1 amide bonds. The Bertz CT molecular complexity index is 928. The molecule has 2 fully saturated rings. The number of carbonyl (C=O) groups is 2. The molecule has 0 bridgehead atoms. The highest BCUT2D eigenvalue weighted by Crippen LogP contribution is 2.31. The SMILES string of the molecule is CC(OC(=O)c1cc(S(=O)(=O)N2CCOCC2)c(Cl)cc1Cl)C(=O)NC1CCCCC1. The third-order valence-corrected chi connectivity index (χ3v) is 8.11. The number of amides is 1. The normalized spacial score (nSPS) is 19.6. The smallest absolute Gasteiger partial charge is 0.340 e. The van der Waals surface area contributed by atoms with Crippen LogP contribution in [0.1, 0.15) is 49.4 Å². The number of esters is 1. The van der Waals surface area contributed by atoms with Crippen LogP contribution in [-0.4, -0.2) is 63.0 Å². The molecule has 3 rings (SSSR count). The molecule has 1 unspecified atom stereocenters. The summed E-state index contributed by atoms with van der Waals surface area (Å²) < 4.78 is 37.6. The lowest BCUT2D eigenvalue weighted by Crippen LogP contribution is -2.42. The molecule has 1 saturated carbocycles. The molecule has 1 aliphatic carbocycles. The van der Waals surface area contributed by atoms with Crippen LogP contribution in [0, 0.1) is 0 Å². The van der Waals surface area contributed by atoms with Crippen LogP contribution < -0.4 is 5.32 Å². The van der Waals surface area contributed by atoms with Crippen LogP contribution in [-0.2, 0) is 24.3 Å². The summed E-state index contributed by atoms with van der Waals surface area (Å²) in [6.07, 6.45) is 4.01. The van der Waals surface area contributed by atoms with Gasteiger partial charge in [-0.25, -0.2) is 13.2 Å². The average Bonchev–Trinajstić information content (AvgIpc) is 2.74. The Labute approximate surface area is 192 Å². The number of ether oxygens (including phenoxy) is 2. The lowest BCUT2D eigenvalue weighted by molar-refractivity contribution is -0.130. The minimum atomic E-state index is -3.95. The molecule has 31 heavy (non-hydrogen) atoms. The number of halogens is 2. The minimum Gasteiger partial charge on any atom is -0.449 e. The van der Waals surface area contributed by atoms with E-state index in [2.05, 4.69) is 5.32 Å². The van der Waals surface area contributed by atoms with Crippen LogP contribution in [0.25, 0.3) is 0 Å². The summed E-state index contributed by atoms with van der Waals surface area (Å²) in [6, 6.07) is 2.37. The Balaban J connectivity index is 1.74. The zero-order valence-corrected chi connectivity index (χ0v) is 19.6. The summed E-state index contributed by atoms with van der Waals surface area (Å²) in [4.78, 5) is 24.8. The molecule has 0 radical (unpaired) electrons. The van der Waals surface area contributed by atoms with Crippen molar-refractivity contribution >= 4 is 45.1 Å². The average molecular weight is 493 g/mol. The second-order valence-electron chi connectivity index (χ2n) is 7.67. The first kappa shape index (κ1) is 24.3. The molecule has 1 saturated heterocycles. The van der Waals surface area contributed by atoms with Gasteiger partial charge in [0.05, 0.1) is 28.8 Å². The van der Waals surface area contributed by atoms with E-state index < -0.39 is 28.0 Å². The Morgan fingerprint density at radius 3 is 2.42 bits per heavy atom. The summed E-state index contributed by atoms with van der Waals surface area (Å²) >= 11 is 12.3. The van der Waals surface area contributed by atoms with E-state index >= 15 is 0 Å². The second kappa shape index (κ2) is 10.5. The molecular formula is C20H26Cl2N2O6S. The van der Waals surface area contributed by atoms with Gasteiger partial charge in [0.15, 0.2) is 6.10 Å². The van der Waals surface area contributed by atoms with E-state index in [1.54, 1.807) is 0 Å². The molecule has 1 atom stereocenters. The zero-order valence-electron chi connectivity index (χ0n) is 17.2. The Hall–Kier alpha value is -1.39. The van der Waals surface area contributed by atoms with Gasteiger partial charge >= 0.3 is 5.97 Å². The van der Waals surface area contributed by atoms with E-state index in [9.17, 15) is 18.0 Å². The third-order valence-electron chi connectivity index (χ3n) is 5.43. The molecule has 1 aliphatic heterocycles. The molecule has 1 heterocycles. The number of hydrogen-bond donors (Lipinski definition) is 1. The molecule has 0 spiro atoms. The highest BCUT2D eigenvalue weighted by molar-refractivity contribution is 7.89. The number of sulfonamides is 1. The largest absolute Gasteiger partial charge is 0.449 e. The van der Waals surface area contributed by atoms with Gasteiger partial charge in [-0.3, -0.25) is 4.79 Å². The van der Waals surface area contributed by atoms with Crippen LogP contribution in [0.4, 0.5) is 0 Å². The molecule has 11 heteroatoms. The Morgan fingerprint density at radius 1 is 1.13 bits per heavy atom. The number of carbonyl (C=O) groups excluding carboxylic acids is 2. The van der Waals surface area contributed by atoms with Gasteiger partial charge in [0.1, 0.15) is 4.90 Å². The molecule has 0 aromatic heterocycles. The van der Waals surface area contributed by atoms with Gasteiger partial charge < -0.3 is 14.8 Å². The fourth-order valence-corrected chi connectivity index (χ4v) is 5.89. The lowest BCUT2D eigenvalue weighted by Gasteiger charge is -2.26. The van der Waals surface area contributed by atoms with E-state index in [-0.39, 0.29) is 52.8 Å². The summed E-state index contributed by atoms with van der Waals surface area (Å²) in [6.45, 7) is 2.37. The van der Waals surface area contributed by atoms with Crippen molar-refractivity contribution in [2.24, 2.45) is 0 Å². The predicted molar refractivity (Wildman–Crippen MR) is 116 cm³/mol. The maximum absolute atomic E-state index is 13.0. The van der Waals surface area contributed by atoms with Gasteiger partial charge in [0.25, 0.3) is 5.91 Å². The minimum absolute atomic E-state index is 0.0594. The molecule has 1 aromatic rings. The quantitative estimate of drug-likeness (QED) is 0.612. The van der Waals surface area contributed by atoms with Crippen molar-refractivity contribution in [3.63, 3.8) is 0 Å². The van der Waals surface area contributed by atoms with Crippen molar-refractivity contribution in [1.82, 2.24) is 9.62 Å². The maximum Gasteiger partial charge on any atom is 0.340 e. The number of nitrogens with one attached hydrogen (secondary N) is 1. The molecule has 1 aromatic carbocycles. The molecule has 8 nitrogen and oxygen atoms in total. The molecule has 172 valence electrons. The number of nitrogens with zero attached hydrogens (tertiary/aromatic N) is 1. The van der Waals surface area contributed by atoms with Gasteiger partial charge in [0.2, 0.25) is 10.0 Å². The third kappa shape index (κ3) is 5.90. The van der Waals surface area contributed by atoms with E-state index in [0.717, 1.165) is 38.2 Å². The Kier molecular flexibility index (Phi) is 8.20. The highest BCUT2D eigenvalue weighted by Gasteiger charge is 2.31. The van der Waals surface area contributed by atoms with Crippen LogP contribution in [0.3, 0.4) is 0 Å². The van der Waals surface area contributed by atoms with Crippen LogP contribution >= 0.6 is 23.2 Å². The summed E-state index contributed by atoms with van der Waals surface area (Å²) in [5.41, 5.74) is -0.171. The lowest BCUT2D eigenvalue weighted by atomic mass is 9.95. The summed E-state index contributed by atoms with van der Waals surface area (Å²) in [5.74, 6) is -1.29. The van der Waals surface area contributed by atoms with Crippen molar-refractivity contribution < 1.29 is 27.5 Å². The standard InChI is InChI=1S/C20H26Cl2N2O6S/c1-13(19(25)23-14-5-3-2-4-6-14)30-20(26)15-11-18(17(22)12-16(15)21)31(27,28)24-7-9-29-10-8-24/h11-14H,2-10H2,1H3,(H,23,25). The van der Waals surface area contributed by atoms with Gasteiger partial charge in [-0.15, -0.1) is 0 Å². The first-order valence-electron chi connectivity index (χ1n) is 10.3. The number of hydrogen-bond acceptors (Lipinski definition) is 6. The van der Waals surface area contributed by atoms with Crippen molar-refractivity contribution in [3.05, 3.63) is 27.7 Å². The van der Waals surface area contributed by atoms with Crippen molar-refractivity contribution in [2.45, 2.75) is 56.1 Å². The van der Waals surface area contributed by atoms with Crippen LogP contribution in [0.15, 0.2) is 17.0 Å². The van der Waals surface area contributed by atoms with Crippen molar-refractivity contribution in [1.29, 1.82) is 0 Å². The van der Waals surface area contributed by atoms with Crippen LogP contribution in [0.2, 0.25) is 10.0 Å². The summed E-state index contributed by atoms with van der Waals surface area (Å²) in [7, 11) is -3.95. The first-order valence-corrected chi connectivity index (χ1v) is 12.5. The first-order chi connectivity index (χ1) is 14.7. The van der Waals surface area contributed by atoms with Gasteiger partial charge in [-0.2, -0.15) is 4.31 Å². The van der Waals surface area contributed by atoms with Crippen molar-refractivity contribution in [3.8, 4) is 0 Å². The topological polar surface area (TPSA) is 102 Å². The van der Waals surface area contributed by atoms with Gasteiger partial charge in [-0.05, 0) is 31.9 Å². The highest BCUT2D eigenvalue weighted by atomic mass is 35.5. The van der Waals surface area contributed by atoms with E-state index in [1.807, 2.05) is 0 Å². The zero-order chi connectivity index (χ0) is 22.6. The van der Waals surface area contributed by atoms with E-state index in [1.165, 1.54) is 17.3 Å². The monoisotopic (exact) mass is 492 g/mol.